The van der Waals surface area contributed by atoms with Gasteiger partial charge >= 0.3 is 5.97 Å². The third kappa shape index (κ3) is 2.84. The zero-order valence-electron chi connectivity index (χ0n) is 17.3. The Morgan fingerprint density at radius 2 is 2.14 bits per heavy atom. The van der Waals surface area contributed by atoms with Crippen LogP contribution in [-0.2, 0) is 20.7 Å². The summed E-state index contributed by atoms with van der Waals surface area (Å²) in [5, 5.41) is 1.34. The molecule has 150 valence electrons. The monoisotopic (exact) mass is 382 g/mol. The Bertz CT molecular complexity index is 929. The van der Waals surface area contributed by atoms with Crippen LogP contribution in [0.2, 0.25) is 0 Å². The van der Waals surface area contributed by atoms with Crippen molar-refractivity contribution in [3.05, 3.63) is 46.9 Å². The summed E-state index contributed by atoms with van der Waals surface area (Å²) in [6.45, 7) is 6.52. The van der Waals surface area contributed by atoms with Gasteiger partial charge in [-0.05, 0) is 56.4 Å². The standard InChI is InChI=1S/C23H30N2O3/c1-5-23(14-18(27-3)22(26)28-4)11-7-12-25-13-10-17-16-9-6-8-15(2)19(16)24-20(17)21(23)25/h6,8-9,14,21,24H,5,7,10-13H2,1-4H3/b18-14-/t21-,23+/m1/s1. The van der Waals surface area contributed by atoms with Crippen molar-refractivity contribution in [3.63, 3.8) is 0 Å². The summed E-state index contributed by atoms with van der Waals surface area (Å²) >= 11 is 0. The van der Waals surface area contributed by atoms with Crippen LogP contribution in [0.5, 0.6) is 0 Å². The van der Waals surface area contributed by atoms with Crippen LogP contribution in [0, 0.1) is 12.3 Å². The molecule has 5 nitrogen and oxygen atoms in total. The fourth-order valence-electron chi connectivity index (χ4n) is 5.34. The average molecular weight is 383 g/mol. The second-order valence-corrected chi connectivity index (χ2v) is 8.10. The summed E-state index contributed by atoms with van der Waals surface area (Å²) in [6.07, 6.45) is 6.19. The lowest BCUT2D eigenvalue weighted by atomic mass is 9.67. The number of aromatic nitrogens is 1. The number of carbonyl (C=O) groups excluding carboxylic acids is 1. The zero-order chi connectivity index (χ0) is 19.9. The van der Waals surface area contributed by atoms with Gasteiger partial charge in [0, 0.05) is 28.6 Å². The third-order valence-electron chi connectivity index (χ3n) is 6.79. The lowest BCUT2D eigenvalue weighted by Crippen LogP contribution is -2.48. The number of piperidine rings is 1. The molecule has 0 bridgehead atoms. The Morgan fingerprint density at radius 1 is 1.32 bits per heavy atom. The fourth-order valence-corrected chi connectivity index (χ4v) is 5.34. The van der Waals surface area contributed by atoms with E-state index in [2.05, 4.69) is 41.9 Å². The zero-order valence-corrected chi connectivity index (χ0v) is 17.3. The lowest BCUT2D eigenvalue weighted by Gasteiger charge is -2.50. The van der Waals surface area contributed by atoms with Crippen LogP contribution in [0.3, 0.4) is 0 Å². The van der Waals surface area contributed by atoms with Crippen LogP contribution >= 0.6 is 0 Å². The van der Waals surface area contributed by atoms with Gasteiger partial charge in [0.05, 0.1) is 20.3 Å². The van der Waals surface area contributed by atoms with E-state index in [9.17, 15) is 4.79 Å². The highest BCUT2D eigenvalue weighted by Gasteiger charge is 2.47. The Balaban J connectivity index is 1.90. The van der Waals surface area contributed by atoms with E-state index < -0.39 is 5.97 Å². The van der Waals surface area contributed by atoms with Crippen molar-refractivity contribution in [2.75, 3.05) is 27.3 Å². The summed E-state index contributed by atoms with van der Waals surface area (Å²) < 4.78 is 10.4. The van der Waals surface area contributed by atoms with E-state index in [1.165, 1.54) is 34.8 Å². The number of hydrogen-bond acceptors (Lipinski definition) is 4. The van der Waals surface area contributed by atoms with Gasteiger partial charge in [0.25, 0.3) is 0 Å². The van der Waals surface area contributed by atoms with Gasteiger partial charge in [0.15, 0.2) is 0 Å². The predicted molar refractivity (Wildman–Crippen MR) is 110 cm³/mol. The first-order chi connectivity index (χ1) is 13.5. The Labute approximate surface area is 166 Å². The molecule has 0 spiro atoms. The maximum absolute atomic E-state index is 12.2. The average Bonchev–Trinajstić information content (AvgIpc) is 3.11. The molecule has 2 aromatic rings. The Morgan fingerprint density at radius 3 is 2.86 bits per heavy atom. The van der Waals surface area contributed by atoms with Crippen LogP contribution < -0.4 is 0 Å². The normalized spacial score (nSPS) is 25.3. The molecule has 5 heteroatoms. The van der Waals surface area contributed by atoms with E-state index in [0.717, 1.165) is 38.8 Å². The van der Waals surface area contributed by atoms with Gasteiger partial charge in [0.1, 0.15) is 0 Å². The van der Waals surface area contributed by atoms with Crippen molar-refractivity contribution in [2.24, 2.45) is 5.41 Å². The van der Waals surface area contributed by atoms with E-state index in [1.807, 2.05) is 6.08 Å². The maximum atomic E-state index is 12.2. The molecule has 4 rings (SSSR count). The lowest BCUT2D eigenvalue weighted by molar-refractivity contribution is -0.139. The fraction of sp³-hybridized carbons (Fsp3) is 0.522. The number of fused-ring (bicyclic) bond motifs is 5. The number of benzene rings is 1. The minimum atomic E-state index is -0.407. The number of nitrogens with zero attached hydrogens (tertiary/aromatic N) is 1. The van der Waals surface area contributed by atoms with Crippen molar-refractivity contribution in [1.29, 1.82) is 0 Å². The molecule has 28 heavy (non-hydrogen) atoms. The number of aromatic amines is 1. The number of H-pyrrole nitrogens is 1. The van der Waals surface area contributed by atoms with Gasteiger partial charge in [-0.25, -0.2) is 4.79 Å². The van der Waals surface area contributed by atoms with Gasteiger partial charge < -0.3 is 14.5 Å². The molecule has 2 aliphatic rings. The summed E-state index contributed by atoms with van der Waals surface area (Å²) in [5.74, 6) is -0.0958. The first-order valence-electron chi connectivity index (χ1n) is 10.2. The first-order valence-corrected chi connectivity index (χ1v) is 10.2. The van der Waals surface area contributed by atoms with Crippen molar-refractivity contribution in [3.8, 4) is 0 Å². The number of carbonyl (C=O) groups is 1. The van der Waals surface area contributed by atoms with E-state index in [-0.39, 0.29) is 11.5 Å². The molecule has 2 aliphatic heterocycles. The molecule has 0 aliphatic carbocycles. The van der Waals surface area contributed by atoms with Gasteiger partial charge in [-0.1, -0.05) is 25.1 Å². The number of para-hydroxylation sites is 1. The van der Waals surface area contributed by atoms with Crippen LogP contribution in [0.4, 0.5) is 0 Å². The molecule has 1 aromatic heterocycles. The van der Waals surface area contributed by atoms with Crippen LogP contribution in [0.15, 0.2) is 30.0 Å². The van der Waals surface area contributed by atoms with Crippen molar-refractivity contribution in [1.82, 2.24) is 9.88 Å². The molecule has 0 saturated carbocycles. The molecule has 1 aromatic carbocycles. The van der Waals surface area contributed by atoms with Gasteiger partial charge in [-0.15, -0.1) is 0 Å². The highest BCUT2D eigenvalue weighted by molar-refractivity contribution is 5.88. The van der Waals surface area contributed by atoms with Gasteiger partial charge in [0.2, 0.25) is 5.76 Å². The molecule has 1 saturated heterocycles. The number of ether oxygens (including phenoxy) is 2. The Hall–Kier alpha value is -2.27. The second-order valence-electron chi connectivity index (χ2n) is 8.10. The number of nitrogens with one attached hydrogen (secondary N) is 1. The van der Waals surface area contributed by atoms with Crippen molar-refractivity contribution < 1.29 is 14.3 Å². The maximum Gasteiger partial charge on any atom is 0.372 e. The minimum absolute atomic E-state index is 0.165. The Kier molecular flexibility index (Phi) is 4.96. The van der Waals surface area contributed by atoms with Crippen molar-refractivity contribution in [2.45, 2.75) is 45.6 Å². The SMILES string of the molecule is CC[C@@]1(/C=C(\OC)C(=O)OC)CCCN2CCc3c([nH]c4c(C)cccc34)[C@@H]21. The van der Waals surface area contributed by atoms with E-state index >= 15 is 0 Å². The molecular formula is C23H30N2O3. The van der Waals surface area contributed by atoms with Crippen LogP contribution in [0.1, 0.15) is 49.0 Å². The summed E-state index contributed by atoms with van der Waals surface area (Å²) in [7, 11) is 2.95. The van der Waals surface area contributed by atoms with Crippen molar-refractivity contribution >= 4 is 16.9 Å². The number of aryl methyl sites for hydroxylation is 1. The predicted octanol–water partition coefficient (Wildman–Crippen LogP) is 4.27. The molecule has 0 amide bonds. The van der Waals surface area contributed by atoms with Gasteiger partial charge in [-0.2, -0.15) is 0 Å². The van der Waals surface area contributed by atoms with E-state index in [1.54, 1.807) is 7.11 Å². The quantitative estimate of drug-likeness (QED) is 0.487. The molecule has 2 atom stereocenters. The van der Waals surface area contributed by atoms with Gasteiger partial charge in [-0.3, -0.25) is 4.90 Å². The van der Waals surface area contributed by atoms with E-state index in [4.69, 9.17) is 9.47 Å². The molecule has 0 unspecified atom stereocenters. The molecule has 0 radical (unpaired) electrons. The molecule has 1 fully saturated rings. The minimum Gasteiger partial charge on any atom is -0.490 e. The number of rotatable bonds is 4. The summed E-state index contributed by atoms with van der Waals surface area (Å²) in [4.78, 5) is 18.6. The topological polar surface area (TPSA) is 54.6 Å². The molecular weight excluding hydrogens is 352 g/mol. The smallest absolute Gasteiger partial charge is 0.372 e. The highest BCUT2D eigenvalue weighted by Crippen LogP contribution is 2.53. The molecule has 1 N–H and O–H groups in total. The highest BCUT2D eigenvalue weighted by atomic mass is 16.6. The summed E-state index contributed by atoms with van der Waals surface area (Å²) in [6, 6.07) is 6.76. The number of hydrogen-bond donors (Lipinski definition) is 1. The van der Waals surface area contributed by atoms with Crippen LogP contribution in [-0.4, -0.2) is 43.2 Å². The second kappa shape index (κ2) is 7.28. The van der Waals surface area contributed by atoms with Crippen LogP contribution in [0.25, 0.3) is 10.9 Å². The number of esters is 1. The number of methoxy groups -OCH3 is 2. The first kappa shape index (κ1) is 19.1. The largest absolute Gasteiger partial charge is 0.490 e. The molecule has 3 heterocycles. The third-order valence-corrected chi connectivity index (χ3v) is 6.79. The summed E-state index contributed by atoms with van der Waals surface area (Å²) in [5.41, 5.74) is 5.11. The van der Waals surface area contributed by atoms with E-state index in [0.29, 0.717) is 5.76 Å².